The van der Waals surface area contributed by atoms with Crippen LogP contribution in [-0.4, -0.2) is 38.4 Å². The quantitative estimate of drug-likeness (QED) is 0.415. The van der Waals surface area contributed by atoms with Crippen LogP contribution >= 0.6 is 0 Å². The third-order valence-corrected chi connectivity index (χ3v) is 3.54. The fraction of sp³-hybridized carbons (Fsp3) is 0.538. The van der Waals surface area contributed by atoms with Crippen LogP contribution in [0.25, 0.3) is 0 Å². The Balaban J connectivity index is 1.79. The zero-order valence-corrected chi connectivity index (χ0v) is 10.0. The molecule has 1 heterocycles. The summed E-state index contributed by atoms with van der Waals surface area (Å²) in [7, 11) is 1.33. The molecule has 18 heavy (non-hydrogen) atoms. The molecule has 0 N–H and O–H groups in total. The molecule has 0 amide bonds. The van der Waals surface area contributed by atoms with Crippen LogP contribution in [0.4, 0.5) is 0 Å². The minimum Gasteiger partial charge on any atom is -0.466 e. The van der Waals surface area contributed by atoms with Crippen molar-refractivity contribution in [1.82, 2.24) is 0 Å². The van der Waals surface area contributed by atoms with Gasteiger partial charge in [-0.15, -0.1) is 0 Å². The van der Waals surface area contributed by atoms with Crippen LogP contribution in [0.1, 0.15) is 6.42 Å². The van der Waals surface area contributed by atoms with E-state index in [0.29, 0.717) is 17.8 Å². The normalized spacial score (nSPS) is 31.7. The molecule has 2 aliphatic carbocycles. The van der Waals surface area contributed by atoms with E-state index < -0.39 is 11.9 Å². The topological polar surface area (TPSA) is 65.1 Å². The van der Waals surface area contributed by atoms with Gasteiger partial charge in [-0.3, -0.25) is 0 Å². The third-order valence-electron chi connectivity index (χ3n) is 3.54. The standard InChI is InChI=1S/C13H14O5/c1-16-12(14)10-7-2-3-8(4-7)11(10)13(15)18-6-9-5-17-9/h2-3,7-9H,4-6H2,1H3/t7-,8+,9?/m0/s1. The number of carbonyl (C=O) groups is 2. The van der Waals surface area contributed by atoms with Crippen LogP contribution in [0.15, 0.2) is 23.3 Å². The maximum Gasteiger partial charge on any atom is 0.335 e. The van der Waals surface area contributed by atoms with E-state index in [-0.39, 0.29) is 24.5 Å². The predicted octanol–water partition coefficient (Wildman–Crippen LogP) is 0.604. The first kappa shape index (κ1) is 11.5. The van der Waals surface area contributed by atoms with Gasteiger partial charge in [0, 0.05) is 11.8 Å². The summed E-state index contributed by atoms with van der Waals surface area (Å²) in [5.41, 5.74) is 0.932. The molecule has 0 aromatic heterocycles. The van der Waals surface area contributed by atoms with E-state index in [2.05, 4.69) is 0 Å². The molecule has 0 aromatic carbocycles. The Hall–Kier alpha value is -1.62. The maximum absolute atomic E-state index is 12.0. The van der Waals surface area contributed by atoms with Gasteiger partial charge in [0.25, 0.3) is 0 Å². The Morgan fingerprint density at radius 2 is 1.89 bits per heavy atom. The first-order chi connectivity index (χ1) is 8.70. The van der Waals surface area contributed by atoms with E-state index in [1.54, 1.807) is 0 Å². The van der Waals surface area contributed by atoms with Crippen molar-refractivity contribution in [2.24, 2.45) is 11.8 Å². The molecular formula is C13H14O5. The van der Waals surface area contributed by atoms with Gasteiger partial charge < -0.3 is 14.2 Å². The van der Waals surface area contributed by atoms with Crippen LogP contribution in [0.2, 0.25) is 0 Å². The highest BCUT2D eigenvalue weighted by atomic mass is 16.6. The fourth-order valence-electron chi connectivity index (χ4n) is 2.57. The molecule has 0 radical (unpaired) electrons. The lowest BCUT2D eigenvalue weighted by atomic mass is 9.97. The van der Waals surface area contributed by atoms with Crippen LogP contribution < -0.4 is 0 Å². The molecular weight excluding hydrogens is 236 g/mol. The summed E-state index contributed by atoms with van der Waals surface area (Å²) < 4.78 is 14.9. The van der Waals surface area contributed by atoms with Gasteiger partial charge in [-0.1, -0.05) is 12.2 Å². The van der Waals surface area contributed by atoms with Gasteiger partial charge in [0.1, 0.15) is 12.7 Å². The van der Waals surface area contributed by atoms with E-state index in [1.807, 2.05) is 12.2 Å². The molecule has 96 valence electrons. The molecule has 0 aromatic rings. The predicted molar refractivity (Wildman–Crippen MR) is 60.5 cm³/mol. The van der Waals surface area contributed by atoms with Crippen molar-refractivity contribution >= 4 is 11.9 Å². The molecule has 5 heteroatoms. The van der Waals surface area contributed by atoms with Gasteiger partial charge in [-0.25, -0.2) is 9.59 Å². The zero-order chi connectivity index (χ0) is 12.7. The molecule has 0 saturated carbocycles. The molecule has 3 aliphatic rings. The molecule has 3 rings (SSSR count). The van der Waals surface area contributed by atoms with E-state index in [1.165, 1.54) is 7.11 Å². The second-order valence-electron chi connectivity index (χ2n) is 4.71. The summed E-state index contributed by atoms with van der Waals surface area (Å²) in [5, 5.41) is 0. The highest BCUT2D eigenvalue weighted by Gasteiger charge is 2.43. The number of hydrogen-bond acceptors (Lipinski definition) is 5. The smallest absolute Gasteiger partial charge is 0.335 e. The van der Waals surface area contributed by atoms with E-state index in [4.69, 9.17) is 14.2 Å². The molecule has 1 aliphatic heterocycles. The molecule has 1 unspecified atom stereocenters. The molecule has 1 saturated heterocycles. The van der Waals surface area contributed by atoms with E-state index >= 15 is 0 Å². The Bertz CT molecular complexity index is 458. The van der Waals surface area contributed by atoms with Gasteiger partial charge >= 0.3 is 11.9 Å². The molecule has 3 atom stereocenters. The summed E-state index contributed by atoms with van der Waals surface area (Å²) in [6.45, 7) is 0.903. The lowest BCUT2D eigenvalue weighted by molar-refractivity contribution is -0.141. The number of fused-ring (bicyclic) bond motifs is 2. The average molecular weight is 250 g/mol. The van der Waals surface area contributed by atoms with Crippen molar-refractivity contribution in [1.29, 1.82) is 0 Å². The van der Waals surface area contributed by atoms with Crippen LogP contribution in [-0.2, 0) is 23.8 Å². The van der Waals surface area contributed by atoms with Crippen LogP contribution in [0.3, 0.4) is 0 Å². The number of methoxy groups -OCH3 is 1. The SMILES string of the molecule is COC(=O)C1=C(C(=O)OCC2CO2)[C@@H]2C=C[C@H]1C2. The van der Waals surface area contributed by atoms with Crippen LogP contribution in [0.5, 0.6) is 0 Å². The minimum atomic E-state index is -0.429. The second-order valence-corrected chi connectivity index (χ2v) is 4.71. The number of epoxide rings is 1. The molecule has 1 fully saturated rings. The minimum absolute atomic E-state index is 0.00201. The highest BCUT2D eigenvalue weighted by molar-refractivity contribution is 6.03. The Kier molecular flexibility index (Phi) is 2.70. The van der Waals surface area contributed by atoms with Gasteiger partial charge in [0.15, 0.2) is 0 Å². The van der Waals surface area contributed by atoms with Crippen molar-refractivity contribution in [2.75, 3.05) is 20.3 Å². The molecule has 5 nitrogen and oxygen atoms in total. The first-order valence-electron chi connectivity index (χ1n) is 6.00. The van der Waals surface area contributed by atoms with Crippen molar-refractivity contribution in [3.8, 4) is 0 Å². The monoisotopic (exact) mass is 250 g/mol. The lowest BCUT2D eigenvalue weighted by Crippen LogP contribution is -2.20. The highest BCUT2D eigenvalue weighted by Crippen LogP contribution is 2.44. The number of carbonyl (C=O) groups excluding carboxylic acids is 2. The van der Waals surface area contributed by atoms with Gasteiger partial charge in [0.05, 0.1) is 24.9 Å². The van der Waals surface area contributed by atoms with E-state index in [0.717, 1.165) is 6.42 Å². The van der Waals surface area contributed by atoms with Crippen LogP contribution in [0, 0.1) is 11.8 Å². The number of rotatable bonds is 4. The summed E-state index contributed by atoms with van der Waals surface area (Å²) in [6, 6.07) is 0. The summed E-state index contributed by atoms with van der Waals surface area (Å²) >= 11 is 0. The first-order valence-corrected chi connectivity index (χ1v) is 6.00. The van der Waals surface area contributed by atoms with Crippen molar-refractivity contribution in [3.63, 3.8) is 0 Å². The summed E-state index contributed by atoms with van der Waals surface area (Å²) in [6.07, 6.45) is 4.72. The number of ether oxygens (including phenoxy) is 3. The average Bonchev–Trinajstić information content (AvgIpc) is 2.99. The zero-order valence-electron chi connectivity index (χ0n) is 10.0. The number of allylic oxidation sites excluding steroid dienone is 2. The fourth-order valence-corrected chi connectivity index (χ4v) is 2.57. The Morgan fingerprint density at radius 3 is 2.44 bits per heavy atom. The largest absolute Gasteiger partial charge is 0.466 e. The number of esters is 2. The van der Waals surface area contributed by atoms with E-state index in [9.17, 15) is 9.59 Å². The third kappa shape index (κ3) is 1.84. The van der Waals surface area contributed by atoms with Crippen molar-refractivity contribution < 1.29 is 23.8 Å². The second kappa shape index (κ2) is 4.24. The van der Waals surface area contributed by atoms with Gasteiger partial charge in [-0.05, 0) is 6.42 Å². The van der Waals surface area contributed by atoms with Crippen molar-refractivity contribution in [2.45, 2.75) is 12.5 Å². The number of hydrogen-bond donors (Lipinski definition) is 0. The lowest BCUT2D eigenvalue weighted by Gasteiger charge is -2.13. The van der Waals surface area contributed by atoms with Crippen molar-refractivity contribution in [3.05, 3.63) is 23.3 Å². The molecule has 2 bridgehead atoms. The summed E-state index contributed by atoms with van der Waals surface area (Å²) in [5.74, 6) is -0.844. The van der Waals surface area contributed by atoms with Gasteiger partial charge in [0.2, 0.25) is 0 Å². The molecule has 0 spiro atoms. The maximum atomic E-state index is 12.0. The van der Waals surface area contributed by atoms with Gasteiger partial charge in [-0.2, -0.15) is 0 Å². The Labute approximate surface area is 104 Å². The summed E-state index contributed by atoms with van der Waals surface area (Å²) in [4.78, 5) is 23.7. The Morgan fingerprint density at radius 1 is 1.28 bits per heavy atom.